The van der Waals surface area contributed by atoms with Gasteiger partial charge in [0.25, 0.3) is 0 Å². The highest BCUT2D eigenvalue weighted by molar-refractivity contribution is 9.11. The fraction of sp³-hybridized carbons (Fsp3) is 0.500. The summed E-state index contributed by atoms with van der Waals surface area (Å²) in [6.45, 7) is 6.97. The summed E-state index contributed by atoms with van der Waals surface area (Å²) in [4.78, 5) is 17.5. The topological polar surface area (TPSA) is 85.3 Å². The summed E-state index contributed by atoms with van der Waals surface area (Å²) in [5, 5.41) is 3.92. The molecular formula is C16H19Br2Cl3N6O2. The van der Waals surface area contributed by atoms with Gasteiger partial charge in [0, 0.05) is 38.6 Å². The Kier molecular flexibility index (Phi) is 11.9. The van der Waals surface area contributed by atoms with Crippen LogP contribution < -0.4 is 10.2 Å². The molecule has 160 valence electrons. The molecule has 2 aromatic heterocycles. The molecule has 8 nitrogen and oxygen atoms in total. The molecule has 2 aromatic rings. The van der Waals surface area contributed by atoms with Crippen LogP contribution in [0.3, 0.4) is 0 Å². The average Bonchev–Trinajstić information content (AvgIpc) is 2.75. The van der Waals surface area contributed by atoms with Crippen LogP contribution in [-0.2, 0) is 9.47 Å². The standard InChI is InChI=1S/C8H9BrClN3O.C4HBrCl2N2.C4H9NO/c9-6-5-11-8(10)12-7(6)13-1-3-14-4-2-13;5-2-1-8-4(7)9-3(2)6;1-3-6-4-2-5-1/h5H,1-4H2;1H;5H,1-4H2. The maximum absolute atomic E-state index is 5.74. The van der Waals surface area contributed by atoms with Gasteiger partial charge in [-0.25, -0.2) is 15.0 Å². The van der Waals surface area contributed by atoms with Gasteiger partial charge in [0.1, 0.15) is 11.0 Å². The highest BCUT2D eigenvalue weighted by atomic mass is 79.9. The van der Waals surface area contributed by atoms with Crippen molar-refractivity contribution < 1.29 is 9.47 Å². The van der Waals surface area contributed by atoms with E-state index in [1.807, 2.05) is 0 Å². The lowest BCUT2D eigenvalue weighted by Gasteiger charge is -2.28. The maximum Gasteiger partial charge on any atom is 0.224 e. The van der Waals surface area contributed by atoms with Crippen LogP contribution in [0.25, 0.3) is 0 Å². The van der Waals surface area contributed by atoms with Gasteiger partial charge in [0.05, 0.1) is 35.4 Å². The van der Waals surface area contributed by atoms with Gasteiger partial charge in [0.15, 0.2) is 0 Å². The molecule has 4 heterocycles. The number of halogens is 5. The summed E-state index contributed by atoms with van der Waals surface area (Å²) in [5.74, 6) is 0.841. The van der Waals surface area contributed by atoms with Gasteiger partial charge >= 0.3 is 0 Å². The molecule has 0 aliphatic carbocycles. The first-order valence-corrected chi connectivity index (χ1v) is 11.3. The van der Waals surface area contributed by atoms with E-state index in [0.29, 0.717) is 9.63 Å². The summed E-state index contributed by atoms with van der Waals surface area (Å²) < 4.78 is 11.8. The molecule has 4 rings (SSSR count). The molecular weight excluding hydrogens is 574 g/mol. The predicted molar refractivity (Wildman–Crippen MR) is 121 cm³/mol. The smallest absolute Gasteiger partial charge is 0.224 e. The number of aromatic nitrogens is 4. The molecule has 13 heteroatoms. The summed E-state index contributed by atoms with van der Waals surface area (Å²) in [7, 11) is 0. The largest absolute Gasteiger partial charge is 0.379 e. The Bertz CT molecular complexity index is 756. The second-order valence-electron chi connectivity index (χ2n) is 5.55. The van der Waals surface area contributed by atoms with Crippen molar-refractivity contribution in [2.45, 2.75) is 0 Å². The first-order chi connectivity index (χ1) is 14.0. The van der Waals surface area contributed by atoms with E-state index in [0.717, 1.165) is 62.9 Å². The summed E-state index contributed by atoms with van der Waals surface area (Å²) in [5.41, 5.74) is 0. The van der Waals surface area contributed by atoms with E-state index in [1.54, 1.807) is 6.20 Å². The minimum Gasteiger partial charge on any atom is -0.379 e. The second-order valence-corrected chi connectivity index (χ2v) is 8.29. The Hall–Kier alpha value is -0.330. The second kappa shape index (κ2) is 13.9. The molecule has 2 saturated heterocycles. The SMILES string of the molecule is C1COCCN1.Clc1ncc(Br)c(Cl)n1.Clc1ncc(Br)c(N2CCOCC2)n1. The lowest BCUT2D eigenvalue weighted by atomic mass is 10.4. The van der Waals surface area contributed by atoms with Gasteiger partial charge < -0.3 is 19.7 Å². The van der Waals surface area contributed by atoms with Crippen molar-refractivity contribution in [2.75, 3.05) is 57.5 Å². The summed E-state index contributed by atoms with van der Waals surface area (Å²) in [6, 6.07) is 0. The molecule has 1 N–H and O–H groups in total. The molecule has 0 aromatic carbocycles. The van der Waals surface area contributed by atoms with Crippen molar-refractivity contribution in [1.29, 1.82) is 0 Å². The number of anilines is 1. The third kappa shape index (κ3) is 9.56. The number of morpholine rings is 2. The summed E-state index contributed by atoms with van der Waals surface area (Å²) >= 11 is 23.2. The van der Waals surface area contributed by atoms with E-state index in [-0.39, 0.29) is 10.6 Å². The highest BCUT2D eigenvalue weighted by Gasteiger charge is 2.15. The van der Waals surface area contributed by atoms with Crippen molar-refractivity contribution in [3.8, 4) is 0 Å². The highest BCUT2D eigenvalue weighted by Crippen LogP contribution is 2.24. The zero-order valence-corrected chi connectivity index (χ0v) is 20.7. The van der Waals surface area contributed by atoms with E-state index < -0.39 is 0 Å². The van der Waals surface area contributed by atoms with Crippen molar-refractivity contribution in [3.05, 3.63) is 37.1 Å². The van der Waals surface area contributed by atoms with Crippen molar-refractivity contribution >= 4 is 72.5 Å². The Morgan fingerprint density at radius 2 is 1.38 bits per heavy atom. The molecule has 0 atom stereocenters. The van der Waals surface area contributed by atoms with E-state index in [4.69, 9.17) is 44.3 Å². The third-order valence-electron chi connectivity index (χ3n) is 3.53. The minimum atomic E-state index is 0.156. The van der Waals surface area contributed by atoms with Gasteiger partial charge in [-0.3, -0.25) is 0 Å². The molecule has 0 saturated carbocycles. The number of rotatable bonds is 1. The molecule has 29 heavy (non-hydrogen) atoms. The first kappa shape index (κ1) is 24.9. The van der Waals surface area contributed by atoms with Crippen LogP contribution in [0.15, 0.2) is 21.3 Å². The molecule has 0 radical (unpaired) electrons. The van der Waals surface area contributed by atoms with Crippen LogP contribution in [0.1, 0.15) is 0 Å². The first-order valence-electron chi connectivity index (χ1n) is 8.60. The number of hydrogen-bond donors (Lipinski definition) is 1. The zero-order chi connectivity index (χ0) is 21.1. The number of ether oxygens (including phenoxy) is 2. The molecule has 0 amide bonds. The number of nitrogens with one attached hydrogen (secondary N) is 1. The molecule has 0 spiro atoms. The van der Waals surface area contributed by atoms with Gasteiger partial charge in [-0.1, -0.05) is 11.6 Å². The van der Waals surface area contributed by atoms with Gasteiger partial charge in [0.2, 0.25) is 10.6 Å². The zero-order valence-electron chi connectivity index (χ0n) is 15.3. The minimum absolute atomic E-state index is 0.156. The van der Waals surface area contributed by atoms with Gasteiger partial charge in [-0.15, -0.1) is 0 Å². The normalized spacial score (nSPS) is 16.2. The van der Waals surface area contributed by atoms with E-state index in [1.165, 1.54) is 6.20 Å². The van der Waals surface area contributed by atoms with Crippen LogP contribution in [0.4, 0.5) is 5.82 Å². The Labute approximate surface area is 200 Å². The summed E-state index contributed by atoms with van der Waals surface area (Å²) in [6.07, 6.45) is 3.16. The molecule has 2 aliphatic rings. The van der Waals surface area contributed by atoms with Crippen LogP contribution in [0, 0.1) is 0 Å². The van der Waals surface area contributed by atoms with E-state index >= 15 is 0 Å². The Balaban J connectivity index is 0.000000171. The maximum atomic E-state index is 5.74. The average molecular weight is 594 g/mol. The van der Waals surface area contributed by atoms with Gasteiger partial charge in [-0.2, -0.15) is 4.98 Å². The Morgan fingerprint density at radius 3 is 1.86 bits per heavy atom. The lowest BCUT2D eigenvalue weighted by Crippen LogP contribution is -2.37. The van der Waals surface area contributed by atoms with E-state index in [9.17, 15) is 0 Å². The van der Waals surface area contributed by atoms with Gasteiger partial charge in [-0.05, 0) is 55.1 Å². The fourth-order valence-electron chi connectivity index (χ4n) is 2.18. The fourth-order valence-corrected chi connectivity index (χ4v) is 3.24. The van der Waals surface area contributed by atoms with Crippen LogP contribution in [0.2, 0.25) is 15.7 Å². The quantitative estimate of drug-likeness (QED) is 0.394. The lowest BCUT2D eigenvalue weighted by molar-refractivity contribution is 0.109. The Morgan fingerprint density at radius 1 is 0.828 bits per heavy atom. The molecule has 2 fully saturated rings. The third-order valence-corrected chi connectivity index (χ3v) is 5.55. The monoisotopic (exact) mass is 590 g/mol. The van der Waals surface area contributed by atoms with E-state index in [2.05, 4.69) is 62.0 Å². The number of nitrogens with zero attached hydrogens (tertiary/aromatic N) is 5. The van der Waals surface area contributed by atoms with Crippen LogP contribution >= 0.6 is 66.7 Å². The van der Waals surface area contributed by atoms with Crippen molar-refractivity contribution in [3.63, 3.8) is 0 Å². The predicted octanol–water partition coefficient (Wildman–Crippen LogP) is 3.88. The molecule has 2 aliphatic heterocycles. The van der Waals surface area contributed by atoms with Crippen molar-refractivity contribution in [2.24, 2.45) is 0 Å². The van der Waals surface area contributed by atoms with Crippen LogP contribution in [-0.4, -0.2) is 72.5 Å². The van der Waals surface area contributed by atoms with Crippen LogP contribution in [0.5, 0.6) is 0 Å². The van der Waals surface area contributed by atoms with Crippen molar-refractivity contribution in [1.82, 2.24) is 25.3 Å². The molecule has 0 unspecified atom stereocenters. The number of hydrogen-bond acceptors (Lipinski definition) is 8. The molecule has 0 bridgehead atoms.